The Morgan fingerprint density at radius 1 is 1.50 bits per heavy atom. The largest absolute Gasteiger partial charge is 0.481 e. The lowest BCUT2D eigenvalue weighted by Crippen LogP contribution is -2.57. The van der Waals surface area contributed by atoms with Gasteiger partial charge in [-0.05, 0) is 33.7 Å². The Morgan fingerprint density at radius 2 is 1.93 bits per heavy atom. The summed E-state index contributed by atoms with van der Waals surface area (Å²) in [5.41, 5.74) is 5.58. The van der Waals surface area contributed by atoms with Crippen LogP contribution in [-0.2, 0) is 4.79 Å². The van der Waals surface area contributed by atoms with Crippen LogP contribution in [0.3, 0.4) is 0 Å². The Kier molecular flexibility index (Phi) is 3.17. The fourth-order valence-electron chi connectivity index (χ4n) is 2.43. The van der Waals surface area contributed by atoms with Crippen LogP contribution in [0.1, 0.15) is 33.1 Å². The first-order chi connectivity index (χ1) is 6.34. The quantitative estimate of drug-likeness (QED) is 0.687. The van der Waals surface area contributed by atoms with Gasteiger partial charge in [0.05, 0.1) is 6.42 Å². The van der Waals surface area contributed by atoms with Crippen LogP contribution in [0.4, 0.5) is 0 Å². The molecule has 0 radical (unpaired) electrons. The van der Waals surface area contributed by atoms with Crippen molar-refractivity contribution >= 4 is 5.97 Å². The first-order valence-corrected chi connectivity index (χ1v) is 5.07. The van der Waals surface area contributed by atoms with Crippen molar-refractivity contribution in [3.63, 3.8) is 0 Å². The monoisotopic (exact) mass is 200 g/mol. The molecule has 14 heavy (non-hydrogen) atoms. The lowest BCUT2D eigenvalue weighted by Gasteiger charge is -2.45. The molecule has 1 aliphatic rings. The van der Waals surface area contributed by atoms with E-state index in [2.05, 4.69) is 25.8 Å². The molecule has 0 saturated carbocycles. The van der Waals surface area contributed by atoms with Gasteiger partial charge in [-0.25, -0.2) is 0 Å². The molecule has 2 atom stereocenters. The summed E-state index contributed by atoms with van der Waals surface area (Å²) in [6.45, 7) is 4.19. The first kappa shape index (κ1) is 11.5. The van der Waals surface area contributed by atoms with Gasteiger partial charge in [-0.3, -0.25) is 4.79 Å². The average Bonchev–Trinajstić information content (AvgIpc) is 1.97. The second-order valence-electron chi connectivity index (χ2n) is 4.70. The summed E-state index contributed by atoms with van der Waals surface area (Å²) in [7, 11) is 2.07. The van der Waals surface area contributed by atoms with Crippen LogP contribution < -0.4 is 5.73 Å². The van der Waals surface area contributed by atoms with E-state index in [1.54, 1.807) is 0 Å². The highest BCUT2D eigenvalue weighted by atomic mass is 16.4. The van der Waals surface area contributed by atoms with E-state index >= 15 is 0 Å². The summed E-state index contributed by atoms with van der Waals surface area (Å²) in [4.78, 5) is 12.9. The number of carbonyl (C=O) groups is 1. The van der Waals surface area contributed by atoms with Crippen molar-refractivity contribution in [1.82, 2.24) is 4.90 Å². The van der Waals surface area contributed by atoms with Gasteiger partial charge in [0.2, 0.25) is 0 Å². The third-order valence-electron chi connectivity index (χ3n) is 3.30. The SMILES string of the molecule is CC1CC(N)(CC(=O)O)CC(C)N1C. The lowest BCUT2D eigenvalue weighted by atomic mass is 9.79. The number of carboxylic acids is 1. The van der Waals surface area contributed by atoms with E-state index < -0.39 is 11.5 Å². The highest BCUT2D eigenvalue weighted by Crippen LogP contribution is 2.30. The Bertz CT molecular complexity index is 218. The molecule has 0 aromatic rings. The molecule has 1 saturated heterocycles. The number of carboxylic acid groups (broad SMARTS) is 1. The summed E-state index contributed by atoms with van der Waals surface area (Å²) < 4.78 is 0. The van der Waals surface area contributed by atoms with Crippen molar-refractivity contribution in [2.24, 2.45) is 5.73 Å². The highest BCUT2D eigenvalue weighted by molar-refractivity contribution is 5.68. The Balaban J connectivity index is 2.68. The van der Waals surface area contributed by atoms with Gasteiger partial charge in [0.25, 0.3) is 0 Å². The minimum absolute atomic E-state index is 0.0789. The molecular formula is C10H20N2O2. The van der Waals surface area contributed by atoms with E-state index in [1.165, 1.54) is 0 Å². The molecule has 82 valence electrons. The summed E-state index contributed by atoms with van der Waals surface area (Å²) in [5.74, 6) is -0.795. The zero-order chi connectivity index (χ0) is 10.9. The topological polar surface area (TPSA) is 66.6 Å². The van der Waals surface area contributed by atoms with Gasteiger partial charge in [0.1, 0.15) is 0 Å². The summed E-state index contributed by atoms with van der Waals surface area (Å²) >= 11 is 0. The number of hydrogen-bond acceptors (Lipinski definition) is 3. The molecular weight excluding hydrogens is 180 g/mol. The third kappa shape index (κ3) is 2.45. The van der Waals surface area contributed by atoms with Gasteiger partial charge < -0.3 is 15.7 Å². The van der Waals surface area contributed by atoms with Crippen molar-refractivity contribution in [1.29, 1.82) is 0 Å². The second-order valence-corrected chi connectivity index (χ2v) is 4.70. The van der Waals surface area contributed by atoms with Crippen molar-refractivity contribution < 1.29 is 9.90 Å². The van der Waals surface area contributed by atoms with E-state index in [-0.39, 0.29) is 6.42 Å². The Morgan fingerprint density at radius 3 is 2.29 bits per heavy atom. The number of hydrogen-bond donors (Lipinski definition) is 2. The van der Waals surface area contributed by atoms with E-state index in [0.29, 0.717) is 12.1 Å². The fraction of sp³-hybridized carbons (Fsp3) is 0.900. The Hall–Kier alpha value is -0.610. The van der Waals surface area contributed by atoms with Gasteiger partial charge in [0.15, 0.2) is 0 Å². The fourth-order valence-corrected chi connectivity index (χ4v) is 2.43. The lowest BCUT2D eigenvalue weighted by molar-refractivity contribution is -0.139. The molecule has 0 spiro atoms. The van der Waals surface area contributed by atoms with Gasteiger partial charge in [-0.2, -0.15) is 0 Å². The molecule has 1 fully saturated rings. The molecule has 1 aliphatic heterocycles. The zero-order valence-electron chi connectivity index (χ0n) is 9.16. The van der Waals surface area contributed by atoms with E-state index in [9.17, 15) is 4.79 Å². The normalized spacial score (nSPS) is 39.7. The van der Waals surface area contributed by atoms with Crippen LogP contribution in [0.5, 0.6) is 0 Å². The standard InChI is InChI=1S/C10H20N2O2/c1-7-4-10(11,6-9(13)14)5-8(2)12(7)3/h7-8H,4-6,11H2,1-3H3,(H,13,14). The van der Waals surface area contributed by atoms with E-state index in [4.69, 9.17) is 10.8 Å². The first-order valence-electron chi connectivity index (χ1n) is 5.07. The van der Waals surface area contributed by atoms with Crippen LogP contribution in [0.2, 0.25) is 0 Å². The second kappa shape index (κ2) is 3.87. The maximum atomic E-state index is 10.7. The minimum Gasteiger partial charge on any atom is -0.481 e. The summed E-state index contributed by atoms with van der Waals surface area (Å²) in [5, 5.41) is 8.78. The molecule has 1 rings (SSSR count). The zero-order valence-corrected chi connectivity index (χ0v) is 9.16. The maximum absolute atomic E-state index is 10.7. The minimum atomic E-state index is -0.795. The van der Waals surface area contributed by atoms with Gasteiger partial charge >= 0.3 is 5.97 Å². The third-order valence-corrected chi connectivity index (χ3v) is 3.30. The number of piperidine rings is 1. The number of likely N-dealkylation sites (tertiary alicyclic amines) is 1. The van der Waals surface area contributed by atoms with Crippen LogP contribution >= 0.6 is 0 Å². The number of nitrogens with two attached hydrogens (primary N) is 1. The van der Waals surface area contributed by atoms with Gasteiger partial charge in [0, 0.05) is 17.6 Å². The molecule has 0 bridgehead atoms. The molecule has 0 aromatic heterocycles. The summed E-state index contributed by atoms with van der Waals surface area (Å²) in [6.07, 6.45) is 1.61. The van der Waals surface area contributed by atoms with Crippen LogP contribution in [-0.4, -0.2) is 40.6 Å². The smallest absolute Gasteiger partial charge is 0.305 e. The van der Waals surface area contributed by atoms with Crippen molar-refractivity contribution in [3.8, 4) is 0 Å². The van der Waals surface area contributed by atoms with Gasteiger partial charge in [-0.15, -0.1) is 0 Å². The number of aliphatic carboxylic acids is 1. The molecule has 1 heterocycles. The molecule has 0 amide bonds. The molecule has 0 aromatic carbocycles. The van der Waals surface area contributed by atoms with Crippen LogP contribution in [0, 0.1) is 0 Å². The number of nitrogens with zero attached hydrogens (tertiary/aromatic N) is 1. The van der Waals surface area contributed by atoms with Crippen molar-refractivity contribution in [2.45, 2.75) is 50.7 Å². The molecule has 2 unspecified atom stereocenters. The molecule has 0 aliphatic carbocycles. The number of rotatable bonds is 2. The van der Waals surface area contributed by atoms with Crippen LogP contribution in [0.15, 0.2) is 0 Å². The highest BCUT2D eigenvalue weighted by Gasteiger charge is 2.38. The van der Waals surface area contributed by atoms with E-state index in [0.717, 1.165) is 12.8 Å². The average molecular weight is 200 g/mol. The van der Waals surface area contributed by atoms with Gasteiger partial charge in [-0.1, -0.05) is 0 Å². The van der Waals surface area contributed by atoms with Crippen LogP contribution in [0.25, 0.3) is 0 Å². The predicted octanol–water partition coefficient (Wildman–Crippen LogP) is 0.661. The van der Waals surface area contributed by atoms with Crippen molar-refractivity contribution in [2.75, 3.05) is 7.05 Å². The van der Waals surface area contributed by atoms with Crippen molar-refractivity contribution in [3.05, 3.63) is 0 Å². The molecule has 4 nitrogen and oxygen atoms in total. The molecule has 4 heteroatoms. The maximum Gasteiger partial charge on any atom is 0.305 e. The predicted molar refractivity (Wildman–Crippen MR) is 55.1 cm³/mol. The summed E-state index contributed by atoms with van der Waals surface area (Å²) in [6, 6.07) is 0.728. The Labute approximate surface area is 85.1 Å². The molecule has 3 N–H and O–H groups in total. The van der Waals surface area contributed by atoms with E-state index in [1.807, 2.05) is 0 Å².